The van der Waals surface area contributed by atoms with Gasteiger partial charge in [0.2, 0.25) is 0 Å². The van der Waals surface area contributed by atoms with Gasteiger partial charge in [-0.25, -0.2) is 13.2 Å². The van der Waals surface area contributed by atoms with Crippen LogP contribution in [0.15, 0.2) is 29.2 Å². The molecule has 128 valence electrons. The normalized spacial score (nSPS) is 19.5. The molecule has 1 fully saturated rings. The summed E-state index contributed by atoms with van der Waals surface area (Å²) in [6.45, 7) is 6.96. The van der Waals surface area contributed by atoms with Crippen molar-refractivity contribution < 1.29 is 17.9 Å². The molecule has 0 spiro atoms. The highest BCUT2D eigenvalue weighted by Crippen LogP contribution is 2.25. The standard InChI is InChI=1S/C16H24N2O4S/c1-16(2,3)22-15(19)18-10-9-17-13(11-18)12-7-5-6-8-14(12)23(4,20)21/h5-8,13,17H,9-11H2,1-4H3. The summed E-state index contributed by atoms with van der Waals surface area (Å²) in [7, 11) is -3.32. The summed E-state index contributed by atoms with van der Waals surface area (Å²) in [4.78, 5) is 14.1. The summed E-state index contributed by atoms with van der Waals surface area (Å²) in [6.07, 6.45) is 0.821. The number of amides is 1. The Morgan fingerprint density at radius 1 is 1.30 bits per heavy atom. The van der Waals surface area contributed by atoms with Gasteiger partial charge in [0.25, 0.3) is 0 Å². The van der Waals surface area contributed by atoms with Crippen molar-refractivity contribution in [1.82, 2.24) is 10.2 Å². The van der Waals surface area contributed by atoms with E-state index in [1.54, 1.807) is 29.2 Å². The second-order valence-electron chi connectivity index (χ2n) is 6.74. The number of nitrogens with zero attached hydrogens (tertiary/aromatic N) is 1. The molecule has 1 unspecified atom stereocenters. The van der Waals surface area contributed by atoms with Crippen LogP contribution in [0.4, 0.5) is 4.79 Å². The molecule has 1 aromatic rings. The number of hydrogen-bond donors (Lipinski definition) is 1. The molecule has 1 N–H and O–H groups in total. The van der Waals surface area contributed by atoms with Crippen LogP contribution in [0.3, 0.4) is 0 Å². The summed E-state index contributed by atoms with van der Waals surface area (Å²) >= 11 is 0. The number of carbonyl (C=O) groups excluding carboxylic acids is 1. The van der Waals surface area contributed by atoms with Gasteiger partial charge in [-0.05, 0) is 32.4 Å². The highest BCUT2D eigenvalue weighted by Gasteiger charge is 2.30. The maximum absolute atomic E-state index is 12.2. The third-order valence-electron chi connectivity index (χ3n) is 3.52. The average Bonchev–Trinajstić information content (AvgIpc) is 2.45. The van der Waals surface area contributed by atoms with Crippen LogP contribution in [0.25, 0.3) is 0 Å². The van der Waals surface area contributed by atoms with Crippen molar-refractivity contribution in [3.05, 3.63) is 29.8 Å². The van der Waals surface area contributed by atoms with Gasteiger partial charge >= 0.3 is 6.09 Å². The first kappa shape index (κ1) is 17.7. The van der Waals surface area contributed by atoms with Crippen molar-refractivity contribution in [2.45, 2.75) is 37.3 Å². The Morgan fingerprint density at radius 2 is 1.96 bits per heavy atom. The minimum absolute atomic E-state index is 0.234. The van der Waals surface area contributed by atoms with Crippen LogP contribution in [0.5, 0.6) is 0 Å². The number of ether oxygens (including phenoxy) is 1. The van der Waals surface area contributed by atoms with Crippen LogP contribution in [-0.2, 0) is 14.6 Å². The fourth-order valence-electron chi connectivity index (χ4n) is 2.56. The Morgan fingerprint density at radius 3 is 2.57 bits per heavy atom. The monoisotopic (exact) mass is 340 g/mol. The second-order valence-corrected chi connectivity index (χ2v) is 8.73. The zero-order valence-corrected chi connectivity index (χ0v) is 14.8. The lowest BCUT2D eigenvalue weighted by atomic mass is 10.0. The molecule has 1 saturated heterocycles. The quantitative estimate of drug-likeness (QED) is 0.891. The van der Waals surface area contributed by atoms with Crippen LogP contribution in [-0.4, -0.2) is 50.9 Å². The van der Waals surface area contributed by atoms with Crippen LogP contribution in [0, 0.1) is 0 Å². The van der Waals surface area contributed by atoms with Crippen molar-refractivity contribution in [2.24, 2.45) is 0 Å². The van der Waals surface area contributed by atoms with E-state index in [2.05, 4.69) is 5.32 Å². The number of nitrogens with one attached hydrogen (secondary N) is 1. The van der Waals surface area contributed by atoms with Crippen LogP contribution in [0.1, 0.15) is 32.4 Å². The van der Waals surface area contributed by atoms with Gasteiger partial charge in [-0.1, -0.05) is 18.2 Å². The van der Waals surface area contributed by atoms with Crippen LogP contribution < -0.4 is 5.32 Å². The van der Waals surface area contributed by atoms with Crippen molar-refractivity contribution >= 4 is 15.9 Å². The first-order valence-electron chi connectivity index (χ1n) is 7.58. The molecule has 1 aromatic carbocycles. The Labute approximate surface area is 137 Å². The summed E-state index contributed by atoms with van der Waals surface area (Å²) in [5, 5.41) is 3.28. The molecule has 1 atom stereocenters. The molecular formula is C16H24N2O4S. The molecule has 0 bridgehead atoms. The Bertz CT molecular complexity index is 680. The summed E-state index contributed by atoms with van der Waals surface area (Å²) in [5.41, 5.74) is 0.130. The lowest BCUT2D eigenvalue weighted by molar-refractivity contribution is 0.0194. The van der Waals surface area contributed by atoms with E-state index in [1.807, 2.05) is 20.8 Å². The smallest absolute Gasteiger partial charge is 0.410 e. The fourth-order valence-corrected chi connectivity index (χ4v) is 3.52. The molecule has 0 saturated carbocycles. The third kappa shape index (κ3) is 4.68. The third-order valence-corrected chi connectivity index (χ3v) is 4.69. The van der Waals surface area contributed by atoms with E-state index < -0.39 is 15.4 Å². The topological polar surface area (TPSA) is 75.7 Å². The molecule has 7 heteroatoms. The largest absolute Gasteiger partial charge is 0.444 e. The summed E-state index contributed by atoms with van der Waals surface area (Å²) in [5.74, 6) is 0. The van der Waals surface area contributed by atoms with Gasteiger partial charge in [-0.3, -0.25) is 0 Å². The minimum Gasteiger partial charge on any atom is -0.444 e. The first-order chi connectivity index (χ1) is 10.6. The molecule has 0 radical (unpaired) electrons. The summed E-state index contributed by atoms with van der Waals surface area (Å²) in [6, 6.07) is 6.65. The Kier molecular flexibility index (Phi) is 5.01. The molecule has 0 aliphatic carbocycles. The Balaban J connectivity index is 2.21. The van der Waals surface area contributed by atoms with Gasteiger partial charge in [0.05, 0.1) is 10.9 Å². The van der Waals surface area contributed by atoms with Gasteiger partial charge in [-0.15, -0.1) is 0 Å². The van der Waals surface area contributed by atoms with Crippen molar-refractivity contribution in [2.75, 3.05) is 25.9 Å². The molecule has 6 nitrogen and oxygen atoms in total. The van der Waals surface area contributed by atoms with Crippen molar-refractivity contribution in [3.63, 3.8) is 0 Å². The van der Waals surface area contributed by atoms with E-state index in [0.717, 1.165) is 0 Å². The maximum Gasteiger partial charge on any atom is 0.410 e. The molecule has 23 heavy (non-hydrogen) atoms. The van der Waals surface area contributed by atoms with Crippen molar-refractivity contribution in [3.8, 4) is 0 Å². The van der Waals surface area contributed by atoms with E-state index in [-0.39, 0.29) is 12.1 Å². The predicted octanol–water partition coefficient (Wildman–Crippen LogP) is 1.97. The number of carbonyl (C=O) groups is 1. The van der Waals surface area contributed by atoms with E-state index in [0.29, 0.717) is 30.1 Å². The lowest BCUT2D eigenvalue weighted by Crippen LogP contribution is -2.49. The van der Waals surface area contributed by atoms with Gasteiger partial charge in [0.1, 0.15) is 5.60 Å². The zero-order valence-electron chi connectivity index (χ0n) is 14.0. The maximum atomic E-state index is 12.2. The molecule has 1 aliphatic rings. The van der Waals surface area contributed by atoms with Gasteiger partial charge in [0, 0.05) is 25.9 Å². The van der Waals surface area contributed by atoms with Gasteiger partial charge in [-0.2, -0.15) is 0 Å². The van der Waals surface area contributed by atoms with Gasteiger partial charge < -0.3 is 15.0 Å². The van der Waals surface area contributed by atoms with Crippen LogP contribution in [0.2, 0.25) is 0 Å². The molecule has 1 amide bonds. The number of sulfone groups is 1. The first-order valence-corrected chi connectivity index (χ1v) is 9.47. The SMILES string of the molecule is CC(C)(C)OC(=O)N1CCNC(c2ccccc2S(C)(=O)=O)C1. The summed E-state index contributed by atoms with van der Waals surface area (Å²) < 4.78 is 29.3. The number of rotatable bonds is 2. The number of piperazine rings is 1. The second kappa shape index (κ2) is 6.49. The van der Waals surface area contributed by atoms with E-state index in [9.17, 15) is 13.2 Å². The number of benzene rings is 1. The number of hydrogen-bond acceptors (Lipinski definition) is 5. The highest BCUT2D eigenvalue weighted by molar-refractivity contribution is 7.90. The molecular weight excluding hydrogens is 316 g/mol. The zero-order chi connectivity index (χ0) is 17.3. The van der Waals surface area contributed by atoms with E-state index >= 15 is 0 Å². The Hall–Kier alpha value is -1.60. The lowest BCUT2D eigenvalue weighted by Gasteiger charge is -2.35. The fraction of sp³-hybridized carbons (Fsp3) is 0.562. The molecule has 1 heterocycles. The van der Waals surface area contributed by atoms with Crippen LogP contribution >= 0.6 is 0 Å². The van der Waals surface area contributed by atoms with Gasteiger partial charge in [0.15, 0.2) is 9.84 Å². The minimum atomic E-state index is -3.32. The van der Waals surface area contributed by atoms with E-state index in [4.69, 9.17) is 4.74 Å². The highest BCUT2D eigenvalue weighted by atomic mass is 32.2. The van der Waals surface area contributed by atoms with Crippen molar-refractivity contribution in [1.29, 1.82) is 0 Å². The predicted molar refractivity (Wildman–Crippen MR) is 88.1 cm³/mol. The molecule has 2 rings (SSSR count). The molecule has 1 aliphatic heterocycles. The molecule has 0 aromatic heterocycles. The average molecular weight is 340 g/mol. The van der Waals surface area contributed by atoms with E-state index in [1.165, 1.54) is 6.26 Å².